The van der Waals surface area contributed by atoms with Crippen molar-refractivity contribution in [2.75, 3.05) is 13.6 Å². The molecule has 5 nitrogen and oxygen atoms in total. The molecule has 0 aliphatic heterocycles. The predicted octanol–water partition coefficient (Wildman–Crippen LogP) is 0.0886. The zero-order valence-corrected chi connectivity index (χ0v) is 8.61. The topological polar surface area (TPSA) is 83.6 Å². The summed E-state index contributed by atoms with van der Waals surface area (Å²) in [6, 6.07) is 3.00. The molecular weight excluding hydrogens is 215 g/mol. The van der Waals surface area contributed by atoms with Crippen molar-refractivity contribution in [3.63, 3.8) is 0 Å². The minimum absolute atomic E-state index is 0.205. The number of rotatable bonds is 3. The van der Waals surface area contributed by atoms with E-state index in [0.29, 0.717) is 0 Å². The number of benzene rings is 1. The summed E-state index contributed by atoms with van der Waals surface area (Å²) >= 11 is 0. The van der Waals surface area contributed by atoms with E-state index < -0.39 is 17.6 Å². The summed E-state index contributed by atoms with van der Waals surface area (Å²) in [7, 11) is 1.33. The predicted molar refractivity (Wildman–Crippen MR) is 54.2 cm³/mol. The van der Waals surface area contributed by atoms with Gasteiger partial charge in [-0.25, -0.2) is 4.39 Å². The van der Waals surface area contributed by atoms with E-state index in [-0.39, 0.29) is 17.9 Å². The largest absolute Gasteiger partial charge is 0.507 e. The lowest BCUT2D eigenvalue weighted by atomic mass is 10.1. The molecule has 0 saturated heterocycles. The molecule has 0 spiro atoms. The summed E-state index contributed by atoms with van der Waals surface area (Å²) in [5.41, 5.74) is 4.70. The molecule has 1 aromatic rings. The molecule has 0 heterocycles. The molecule has 1 aromatic carbocycles. The van der Waals surface area contributed by atoms with Gasteiger partial charge in [-0.05, 0) is 18.2 Å². The Morgan fingerprint density at radius 1 is 1.50 bits per heavy atom. The van der Waals surface area contributed by atoms with Crippen molar-refractivity contribution >= 4 is 11.8 Å². The smallest absolute Gasteiger partial charge is 0.257 e. The fourth-order valence-electron chi connectivity index (χ4n) is 1.19. The zero-order chi connectivity index (χ0) is 12.3. The molecule has 86 valence electrons. The molecule has 6 heteroatoms. The van der Waals surface area contributed by atoms with Crippen LogP contribution in [0.4, 0.5) is 4.39 Å². The van der Waals surface area contributed by atoms with Crippen LogP contribution in [0.3, 0.4) is 0 Å². The second kappa shape index (κ2) is 4.61. The number of nitrogens with zero attached hydrogens (tertiary/aromatic N) is 1. The van der Waals surface area contributed by atoms with Gasteiger partial charge in [-0.2, -0.15) is 0 Å². The van der Waals surface area contributed by atoms with E-state index in [1.54, 1.807) is 0 Å². The lowest BCUT2D eigenvalue weighted by molar-refractivity contribution is -0.118. The number of amides is 2. The quantitative estimate of drug-likeness (QED) is 0.766. The van der Waals surface area contributed by atoms with Crippen LogP contribution in [-0.2, 0) is 4.79 Å². The van der Waals surface area contributed by atoms with Crippen LogP contribution in [0.2, 0.25) is 0 Å². The normalized spacial score (nSPS) is 9.88. The number of phenols is 1. The molecule has 3 N–H and O–H groups in total. The number of halogens is 1. The lowest BCUT2D eigenvalue weighted by Gasteiger charge is -2.15. The molecule has 16 heavy (non-hydrogen) atoms. The van der Waals surface area contributed by atoms with E-state index >= 15 is 0 Å². The molecular formula is C10H11FN2O3. The van der Waals surface area contributed by atoms with Gasteiger partial charge in [0.25, 0.3) is 5.91 Å². The fraction of sp³-hybridized carbons (Fsp3) is 0.200. The standard InChI is InChI=1S/C10H11FN2O3/c1-13(5-9(12)15)10(16)7-4-6(11)2-3-8(7)14/h2-4,14H,5H2,1H3,(H2,12,15). The Kier molecular flexibility index (Phi) is 3.44. The number of hydrogen-bond donors (Lipinski definition) is 2. The first-order chi connectivity index (χ1) is 7.41. The molecule has 0 aromatic heterocycles. The highest BCUT2D eigenvalue weighted by Crippen LogP contribution is 2.19. The number of nitrogens with two attached hydrogens (primary N) is 1. The van der Waals surface area contributed by atoms with Crippen LogP contribution >= 0.6 is 0 Å². The summed E-state index contributed by atoms with van der Waals surface area (Å²) in [5.74, 6) is -2.35. The van der Waals surface area contributed by atoms with Crippen molar-refractivity contribution < 1.29 is 19.1 Å². The molecule has 0 radical (unpaired) electrons. The van der Waals surface area contributed by atoms with Gasteiger partial charge in [-0.15, -0.1) is 0 Å². The minimum Gasteiger partial charge on any atom is -0.507 e. The van der Waals surface area contributed by atoms with Crippen LogP contribution in [0.1, 0.15) is 10.4 Å². The second-order valence-corrected chi connectivity index (χ2v) is 3.29. The zero-order valence-electron chi connectivity index (χ0n) is 8.61. The summed E-state index contributed by atoms with van der Waals surface area (Å²) in [4.78, 5) is 23.2. The highest BCUT2D eigenvalue weighted by Gasteiger charge is 2.17. The van der Waals surface area contributed by atoms with Gasteiger partial charge in [0.2, 0.25) is 5.91 Å². The van der Waals surface area contributed by atoms with Crippen molar-refractivity contribution in [2.24, 2.45) is 5.73 Å². The van der Waals surface area contributed by atoms with Crippen LogP contribution < -0.4 is 5.73 Å². The summed E-state index contributed by atoms with van der Waals surface area (Å²) in [5, 5.41) is 9.36. The van der Waals surface area contributed by atoms with E-state index in [1.807, 2.05) is 0 Å². The molecule has 1 rings (SSSR count). The van der Waals surface area contributed by atoms with Gasteiger partial charge in [0.1, 0.15) is 11.6 Å². The second-order valence-electron chi connectivity index (χ2n) is 3.29. The average Bonchev–Trinajstić information content (AvgIpc) is 2.19. The van der Waals surface area contributed by atoms with Crippen LogP contribution in [0, 0.1) is 5.82 Å². The van der Waals surface area contributed by atoms with E-state index in [9.17, 15) is 19.1 Å². The van der Waals surface area contributed by atoms with Crippen LogP contribution in [0.5, 0.6) is 5.75 Å². The van der Waals surface area contributed by atoms with Gasteiger partial charge >= 0.3 is 0 Å². The van der Waals surface area contributed by atoms with E-state index in [0.717, 1.165) is 23.1 Å². The first-order valence-electron chi connectivity index (χ1n) is 4.44. The van der Waals surface area contributed by atoms with Crippen LogP contribution in [0.15, 0.2) is 18.2 Å². The molecule has 0 saturated carbocycles. The third kappa shape index (κ3) is 2.69. The van der Waals surface area contributed by atoms with Crippen molar-refractivity contribution in [3.05, 3.63) is 29.6 Å². The average molecular weight is 226 g/mol. The SMILES string of the molecule is CN(CC(N)=O)C(=O)c1cc(F)ccc1O. The molecule has 0 bridgehead atoms. The van der Waals surface area contributed by atoms with E-state index in [1.165, 1.54) is 7.05 Å². The maximum Gasteiger partial charge on any atom is 0.257 e. The fourth-order valence-corrected chi connectivity index (χ4v) is 1.19. The first kappa shape index (κ1) is 12.0. The Morgan fingerprint density at radius 2 is 2.12 bits per heavy atom. The molecule has 0 fully saturated rings. The molecule has 0 aliphatic rings. The number of phenolic OH excluding ortho intramolecular Hbond substituents is 1. The van der Waals surface area contributed by atoms with Gasteiger partial charge in [0, 0.05) is 7.05 Å². The Labute approximate surface area is 91.3 Å². The Balaban J connectivity index is 2.95. The Morgan fingerprint density at radius 3 is 2.69 bits per heavy atom. The Bertz CT molecular complexity index is 434. The molecule has 0 atom stereocenters. The third-order valence-electron chi connectivity index (χ3n) is 1.93. The number of carbonyl (C=O) groups is 2. The van der Waals surface area contributed by atoms with Gasteiger partial charge in [0.05, 0.1) is 12.1 Å². The van der Waals surface area contributed by atoms with E-state index in [4.69, 9.17) is 5.73 Å². The third-order valence-corrected chi connectivity index (χ3v) is 1.93. The first-order valence-corrected chi connectivity index (χ1v) is 4.44. The van der Waals surface area contributed by atoms with Crippen molar-refractivity contribution in [3.8, 4) is 5.75 Å². The van der Waals surface area contributed by atoms with Crippen LogP contribution in [-0.4, -0.2) is 35.4 Å². The van der Waals surface area contributed by atoms with Crippen molar-refractivity contribution in [1.29, 1.82) is 0 Å². The lowest BCUT2D eigenvalue weighted by Crippen LogP contribution is -2.35. The number of primary amides is 1. The Hall–Kier alpha value is -2.11. The number of hydrogen-bond acceptors (Lipinski definition) is 3. The summed E-state index contributed by atoms with van der Waals surface area (Å²) in [6.45, 7) is -0.297. The van der Waals surface area contributed by atoms with Crippen molar-refractivity contribution in [2.45, 2.75) is 0 Å². The van der Waals surface area contributed by atoms with Gasteiger partial charge in [0.15, 0.2) is 0 Å². The summed E-state index contributed by atoms with van der Waals surface area (Å²) < 4.78 is 12.9. The number of carbonyl (C=O) groups excluding carboxylic acids is 2. The number of aromatic hydroxyl groups is 1. The monoisotopic (exact) mass is 226 g/mol. The molecule has 0 unspecified atom stereocenters. The molecule has 0 aliphatic carbocycles. The van der Waals surface area contributed by atoms with Crippen molar-refractivity contribution in [1.82, 2.24) is 4.90 Å². The van der Waals surface area contributed by atoms with Gasteiger partial charge < -0.3 is 15.7 Å². The maximum atomic E-state index is 12.9. The minimum atomic E-state index is -0.688. The summed E-state index contributed by atoms with van der Waals surface area (Å²) in [6.07, 6.45) is 0. The van der Waals surface area contributed by atoms with Gasteiger partial charge in [-0.1, -0.05) is 0 Å². The highest BCUT2D eigenvalue weighted by molar-refractivity contribution is 5.98. The van der Waals surface area contributed by atoms with Crippen LogP contribution in [0.25, 0.3) is 0 Å². The number of likely N-dealkylation sites (N-methyl/N-ethyl adjacent to an activating group) is 1. The molecule has 2 amide bonds. The van der Waals surface area contributed by atoms with E-state index in [2.05, 4.69) is 0 Å². The maximum absolute atomic E-state index is 12.9. The van der Waals surface area contributed by atoms with Gasteiger partial charge in [-0.3, -0.25) is 9.59 Å². The highest BCUT2D eigenvalue weighted by atomic mass is 19.1.